The topological polar surface area (TPSA) is 93.3 Å². The van der Waals surface area contributed by atoms with Gasteiger partial charge in [-0.05, 0) is 50.6 Å². The molecule has 0 saturated carbocycles. The van der Waals surface area contributed by atoms with Gasteiger partial charge < -0.3 is 19.2 Å². The number of thioether (sulfide) groups is 1. The molecule has 0 radical (unpaired) electrons. The summed E-state index contributed by atoms with van der Waals surface area (Å²) in [5, 5.41) is 12.1. The number of aryl methyl sites for hydroxylation is 1. The van der Waals surface area contributed by atoms with Crippen LogP contribution in [0, 0.1) is 6.92 Å². The van der Waals surface area contributed by atoms with Crippen molar-refractivity contribution in [3.63, 3.8) is 0 Å². The van der Waals surface area contributed by atoms with Gasteiger partial charge in [0.05, 0.1) is 17.6 Å². The Hall–Kier alpha value is -3.07. The van der Waals surface area contributed by atoms with Crippen LogP contribution in [0.4, 0.5) is 11.4 Å². The molecule has 9 heteroatoms. The van der Waals surface area contributed by atoms with Gasteiger partial charge in [0.2, 0.25) is 11.8 Å². The van der Waals surface area contributed by atoms with Crippen molar-refractivity contribution >= 4 is 35.0 Å². The van der Waals surface area contributed by atoms with E-state index in [0.29, 0.717) is 23.8 Å². The highest BCUT2D eigenvalue weighted by Gasteiger charge is 2.21. The zero-order valence-corrected chi connectivity index (χ0v) is 17.7. The summed E-state index contributed by atoms with van der Waals surface area (Å²) in [6.45, 7) is 5.33. The van der Waals surface area contributed by atoms with Crippen LogP contribution in [-0.2, 0) is 16.1 Å². The highest BCUT2D eigenvalue weighted by atomic mass is 32.2. The third-order valence-electron chi connectivity index (χ3n) is 5.00. The summed E-state index contributed by atoms with van der Waals surface area (Å²) in [5.74, 6) is 1.75. The smallest absolute Gasteiger partial charge is 0.234 e. The SMILES string of the molecule is CCn1c(SCC(=O)Nc2ccc(N3CCCC3=O)cc2)nnc1-c1ccoc1C. The predicted octanol–water partition coefficient (Wildman–Crippen LogP) is 3.72. The number of hydrogen-bond donors (Lipinski definition) is 1. The first kappa shape index (κ1) is 20.2. The van der Waals surface area contributed by atoms with Crippen molar-refractivity contribution in [3.8, 4) is 11.4 Å². The largest absolute Gasteiger partial charge is 0.469 e. The van der Waals surface area contributed by atoms with Gasteiger partial charge in [-0.25, -0.2) is 0 Å². The molecule has 1 aliphatic heterocycles. The van der Waals surface area contributed by atoms with E-state index in [1.807, 2.05) is 48.7 Å². The quantitative estimate of drug-likeness (QED) is 0.580. The number of nitrogens with one attached hydrogen (secondary N) is 1. The van der Waals surface area contributed by atoms with E-state index in [1.54, 1.807) is 11.2 Å². The molecule has 0 aliphatic carbocycles. The van der Waals surface area contributed by atoms with E-state index in [9.17, 15) is 9.59 Å². The Labute approximate surface area is 178 Å². The number of anilines is 2. The minimum atomic E-state index is -0.128. The number of hydrogen-bond acceptors (Lipinski definition) is 6. The highest BCUT2D eigenvalue weighted by Crippen LogP contribution is 2.27. The van der Waals surface area contributed by atoms with E-state index >= 15 is 0 Å². The van der Waals surface area contributed by atoms with Crippen LogP contribution in [0.5, 0.6) is 0 Å². The number of amides is 2. The van der Waals surface area contributed by atoms with Gasteiger partial charge in [0.1, 0.15) is 5.76 Å². The molecule has 8 nitrogen and oxygen atoms in total. The lowest BCUT2D eigenvalue weighted by Crippen LogP contribution is -2.23. The molecule has 3 aromatic rings. The van der Waals surface area contributed by atoms with Gasteiger partial charge in [-0.3, -0.25) is 9.59 Å². The third-order valence-corrected chi connectivity index (χ3v) is 5.97. The molecule has 0 unspecified atom stereocenters. The molecular formula is C21H23N5O3S. The number of carbonyl (C=O) groups excluding carboxylic acids is 2. The van der Waals surface area contributed by atoms with Crippen molar-refractivity contribution in [2.75, 3.05) is 22.5 Å². The van der Waals surface area contributed by atoms with E-state index in [2.05, 4.69) is 15.5 Å². The molecule has 3 heterocycles. The highest BCUT2D eigenvalue weighted by molar-refractivity contribution is 7.99. The average Bonchev–Trinajstić information content (AvgIpc) is 3.46. The fourth-order valence-corrected chi connectivity index (χ4v) is 4.27. The van der Waals surface area contributed by atoms with Crippen LogP contribution in [0.2, 0.25) is 0 Å². The van der Waals surface area contributed by atoms with Crippen molar-refractivity contribution in [1.29, 1.82) is 0 Å². The summed E-state index contributed by atoms with van der Waals surface area (Å²) in [4.78, 5) is 26.0. The second-order valence-electron chi connectivity index (χ2n) is 6.97. The Morgan fingerprint density at radius 3 is 2.67 bits per heavy atom. The van der Waals surface area contributed by atoms with Crippen LogP contribution in [0.3, 0.4) is 0 Å². The molecule has 1 aromatic carbocycles. The summed E-state index contributed by atoms with van der Waals surface area (Å²) in [5.41, 5.74) is 2.46. The van der Waals surface area contributed by atoms with Crippen molar-refractivity contribution in [3.05, 3.63) is 42.4 Å². The molecule has 2 amide bonds. The van der Waals surface area contributed by atoms with Crippen LogP contribution in [0.1, 0.15) is 25.5 Å². The molecule has 2 aromatic heterocycles. The number of aromatic nitrogens is 3. The lowest BCUT2D eigenvalue weighted by Gasteiger charge is -2.16. The lowest BCUT2D eigenvalue weighted by molar-refractivity contribution is -0.117. The molecule has 0 bridgehead atoms. The second kappa shape index (κ2) is 8.74. The third kappa shape index (κ3) is 4.11. The summed E-state index contributed by atoms with van der Waals surface area (Å²) >= 11 is 1.34. The van der Waals surface area contributed by atoms with Crippen LogP contribution in [0.15, 0.2) is 46.2 Å². The Kier molecular flexibility index (Phi) is 5.89. The zero-order chi connectivity index (χ0) is 21.1. The number of carbonyl (C=O) groups is 2. The average molecular weight is 426 g/mol. The van der Waals surface area contributed by atoms with Gasteiger partial charge in [-0.1, -0.05) is 11.8 Å². The molecule has 1 N–H and O–H groups in total. The van der Waals surface area contributed by atoms with Crippen molar-refractivity contribution in [1.82, 2.24) is 14.8 Å². The Balaban J connectivity index is 1.37. The minimum Gasteiger partial charge on any atom is -0.469 e. The number of rotatable bonds is 7. The second-order valence-corrected chi connectivity index (χ2v) is 7.92. The van der Waals surface area contributed by atoms with Crippen molar-refractivity contribution < 1.29 is 14.0 Å². The van der Waals surface area contributed by atoms with Gasteiger partial charge in [0.25, 0.3) is 0 Å². The Morgan fingerprint density at radius 1 is 1.23 bits per heavy atom. The van der Waals surface area contributed by atoms with Gasteiger partial charge in [0, 0.05) is 30.9 Å². The number of furan rings is 1. The van der Waals surface area contributed by atoms with Gasteiger partial charge in [-0.2, -0.15) is 0 Å². The molecule has 30 heavy (non-hydrogen) atoms. The minimum absolute atomic E-state index is 0.128. The molecule has 0 atom stereocenters. The Morgan fingerprint density at radius 2 is 2.03 bits per heavy atom. The summed E-state index contributed by atoms with van der Waals surface area (Å²) in [6, 6.07) is 9.22. The van der Waals surface area contributed by atoms with E-state index in [-0.39, 0.29) is 17.6 Å². The molecule has 1 aliphatic rings. The molecule has 1 fully saturated rings. The van der Waals surface area contributed by atoms with E-state index in [4.69, 9.17) is 4.42 Å². The van der Waals surface area contributed by atoms with Crippen LogP contribution in [0.25, 0.3) is 11.4 Å². The van der Waals surface area contributed by atoms with E-state index in [1.165, 1.54) is 11.8 Å². The van der Waals surface area contributed by atoms with E-state index < -0.39 is 0 Å². The van der Waals surface area contributed by atoms with Crippen LogP contribution >= 0.6 is 11.8 Å². The van der Waals surface area contributed by atoms with Crippen molar-refractivity contribution in [2.24, 2.45) is 0 Å². The summed E-state index contributed by atoms with van der Waals surface area (Å²) in [6.07, 6.45) is 3.11. The standard InChI is InChI=1S/C21H23N5O3S/c1-3-25-20(17-10-12-29-14(17)2)23-24-21(25)30-13-18(27)22-15-6-8-16(9-7-15)26-11-4-5-19(26)28/h6-10,12H,3-5,11,13H2,1-2H3,(H,22,27). The molecule has 1 saturated heterocycles. The monoisotopic (exact) mass is 425 g/mol. The molecule has 156 valence electrons. The maximum absolute atomic E-state index is 12.4. The normalized spacial score (nSPS) is 13.8. The maximum atomic E-state index is 12.4. The molecule has 0 spiro atoms. The van der Waals surface area contributed by atoms with E-state index in [0.717, 1.165) is 35.8 Å². The zero-order valence-electron chi connectivity index (χ0n) is 16.9. The van der Waals surface area contributed by atoms with Crippen molar-refractivity contribution in [2.45, 2.75) is 38.4 Å². The first-order valence-corrected chi connectivity index (χ1v) is 10.9. The van der Waals surface area contributed by atoms with Crippen LogP contribution < -0.4 is 10.2 Å². The predicted molar refractivity (Wildman–Crippen MR) is 116 cm³/mol. The first-order valence-electron chi connectivity index (χ1n) is 9.87. The van der Waals surface area contributed by atoms with Gasteiger partial charge >= 0.3 is 0 Å². The molecule has 4 rings (SSSR count). The summed E-state index contributed by atoms with van der Waals surface area (Å²) < 4.78 is 7.34. The van der Waals surface area contributed by atoms with Gasteiger partial charge in [0.15, 0.2) is 11.0 Å². The number of nitrogens with zero attached hydrogens (tertiary/aromatic N) is 4. The Bertz CT molecular complexity index is 1060. The summed E-state index contributed by atoms with van der Waals surface area (Å²) in [7, 11) is 0. The van der Waals surface area contributed by atoms with Gasteiger partial charge in [-0.15, -0.1) is 10.2 Å². The van der Waals surface area contributed by atoms with Crippen LogP contribution in [-0.4, -0.2) is 38.9 Å². The fourth-order valence-electron chi connectivity index (χ4n) is 3.47. The first-order chi connectivity index (χ1) is 14.6. The fraction of sp³-hybridized carbons (Fsp3) is 0.333. The lowest BCUT2D eigenvalue weighted by atomic mass is 10.2. The maximum Gasteiger partial charge on any atom is 0.234 e. The number of benzene rings is 1. The molecular weight excluding hydrogens is 402 g/mol.